The first-order valence-electron chi connectivity index (χ1n) is 10.5. The Balaban J connectivity index is 1.75. The molecule has 4 aromatic rings. The summed E-state index contributed by atoms with van der Waals surface area (Å²) in [5, 5.41) is 27.1. The van der Waals surface area contributed by atoms with Gasteiger partial charge in [0.1, 0.15) is 18.9 Å². The van der Waals surface area contributed by atoms with Crippen LogP contribution in [-0.2, 0) is 19.3 Å². The van der Waals surface area contributed by atoms with E-state index >= 15 is 0 Å². The minimum atomic E-state index is -5.02. The fourth-order valence-electron chi connectivity index (χ4n) is 3.52. The molecule has 0 aliphatic carbocycles. The summed E-state index contributed by atoms with van der Waals surface area (Å²) in [7, 11) is 0. The highest BCUT2D eigenvalue weighted by Gasteiger charge is 2.39. The number of para-hydroxylation sites is 1. The van der Waals surface area contributed by atoms with Gasteiger partial charge in [-0.15, -0.1) is 10.2 Å². The van der Waals surface area contributed by atoms with Crippen LogP contribution in [0, 0.1) is 11.3 Å². The van der Waals surface area contributed by atoms with Crippen LogP contribution in [0.4, 0.5) is 26.3 Å². The first-order chi connectivity index (χ1) is 17.8. The molecule has 0 fully saturated rings. The lowest BCUT2D eigenvalue weighted by molar-refractivity contribution is -0.207. The van der Waals surface area contributed by atoms with Gasteiger partial charge in [0.2, 0.25) is 0 Å². The van der Waals surface area contributed by atoms with Gasteiger partial charge in [-0.1, -0.05) is 17.7 Å². The molecule has 4 rings (SSSR count). The van der Waals surface area contributed by atoms with E-state index < -0.39 is 48.5 Å². The molecule has 2 heterocycles. The minimum Gasteiger partial charge on any atom is -0.382 e. The van der Waals surface area contributed by atoms with Gasteiger partial charge in [0.05, 0.1) is 23.4 Å². The molecule has 0 spiro atoms. The number of hydrogen-bond acceptors (Lipinski definition) is 6. The molecule has 1 atom stereocenters. The van der Waals surface area contributed by atoms with Crippen molar-refractivity contribution in [1.82, 2.24) is 29.1 Å². The predicted molar refractivity (Wildman–Crippen MR) is 119 cm³/mol. The van der Waals surface area contributed by atoms with Crippen molar-refractivity contribution in [3.8, 4) is 23.1 Å². The summed E-state index contributed by atoms with van der Waals surface area (Å²) in [5.74, 6) is -0.458. The molecule has 9 nitrogen and oxygen atoms in total. The molecule has 2 aromatic heterocycles. The number of benzene rings is 2. The Morgan fingerprint density at radius 3 is 2.34 bits per heavy atom. The molecule has 0 saturated heterocycles. The maximum Gasteiger partial charge on any atom is 0.418 e. The van der Waals surface area contributed by atoms with Crippen molar-refractivity contribution in [2.24, 2.45) is 0 Å². The van der Waals surface area contributed by atoms with Crippen molar-refractivity contribution in [2.75, 3.05) is 0 Å². The number of aromatic nitrogens is 6. The van der Waals surface area contributed by atoms with E-state index in [2.05, 4.69) is 15.2 Å². The number of halogens is 7. The number of alkyl halides is 6. The highest BCUT2D eigenvalue weighted by atomic mass is 35.5. The molecule has 0 amide bonds. The maximum absolute atomic E-state index is 13.5. The van der Waals surface area contributed by atoms with Crippen molar-refractivity contribution in [3.05, 3.63) is 81.3 Å². The summed E-state index contributed by atoms with van der Waals surface area (Å²) in [4.78, 5) is 16.8. The van der Waals surface area contributed by atoms with E-state index in [-0.39, 0.29) is 22.8 Å². The number of nitrogens with zero attached hydrogens (tertiary/aromatic N) is 7. The molecular weight excluding hydrogens is 544 g/mol. The molecule has 1 N–H and O–H groups in total. The Hall–Kier alpha value is -4.16. The Morgan fingerprint density at radius 1 is 1.05 bits per heavy atom. The number of rotatable bonds is 6. The molecule has 38 heavy (non-hydrogen) atoms. The van der Waals surface area contributed by atoms with Crippen LogP contribution < -0.4 is 5.69 Å². The summed E-state index contributed by atoms with van der Waals surface area (Å²) < 4.78 is 81.7. The lowest BCUT2D eigenvalue weighted by Gasteiger charge is -2.15. The predicted octanol–water partition coefficient (Wildman–Crippen LogP) is 3.81. The molecule has 2 aromatic carbocycles. The van der Waals surface area contributed by atoms with E-state index in [1.165, 1.54) is 24.3 Å². The van der Waals surface area contributed by atoms with Gasteiger partial charge in [0, 0.05) is 10.6 Å². The van der Waals surface area contributed by atoms with Gasteiger partial charge < -0.3 is 5.11 Å². The van der Waals surface area contributed by atoms with Crippen molar-refractivity contribution in [2.45, 2.75) is 31.5 Å². The molecule has 0 unspecified atom stereocenters. The van der Waals surface area contributed by atoms with E-state index in [4.69, 9.17) is 11.6 Å². The van der Waals surface area contributed by atoms with Crippen molar-refractivity contribution >= 4 is 11.6 Å². The van der Waals surface area contributed by atoms with E-state index in [9.17, 15) is 41.5 Å². The van der Waals surface area contributed by atoms with Crippen LogP contribution in [0.5, 0.6) is 0 Å². The molecule has 0 saturated carbocycles. The zero-order chi connectivity index (χ0) is 27.8. The Labute approximate surface area is 213 Å². The first kappa shape index (κ1) is 26.9. The SMILES string of the molecule is N#Cc1cccc(C(F)(F)F)c1-n1cnc(Cn2nc(-c3ccc(Cl)cc3)n(C[C@H](O)C(F)(F)F)c2=O)n1. The smallest absolute Gasteiger partial charge is 0.382 e. The van der Waals surface area contributed by atoms with Crippen molar-refractivity contribution < 1.29 is 31.4 Å². The molecule has 0 bridgehead atoms. The van der Waals surface area contributed by atoms with Gasteiger partial charge in [-0.2, -0.15) is 31.6 Å². The van der Waals surface area contributed by atoms with Gasteiger partial charge in [-0.3, -0.25) is 4.57 Å². The monoisotopic (exact) mass is 557 g/mol. The van der Waals surface area contributed by atoms with Gasteiger partial charge in [0.25, 0.3) is 0 Å². The highest BCUT2D eigenvalue weighted by Crippen LogP contribution is 2.35. The van der Waals surface area contributed by atoms with E-state index in [0.29, 0.717) is 19.0 Å². The van der Waals surface area contributed by atoms with Crippen LogP contribution in [0.25, 0.3) is 17.1 Å². The molecule has 16 heteroatoms. The average molecular weight is 558 g/mol. The number of nitriles is 1. The van der Waals surface area contributed by atoms with Crippen LogP contribution in [0.15, 0.2) is 53.6 Å². The zero-order valence-corrected chi connectivity index (χ0v) is 19.5. The van der Waals surface area contributed by atoms with Crippen molar-refractivity contribution in [3.63, 3.8) is 0 Å². The third kappa shape index (κ3) is 5.41. The molecule has 0 aliphatic rings. The van der Waals surface area contributed by atoms with Crippen LogP contribution in [0.2, 0.25) is 5.02 Å². The van der Waals surface area contributed by atoms with Crippen molar-refractivity contribution in [1.29, 1.82) is 5.26 Å². The Kier molecular flexibility index (Phi) is 7.04. The lowest BCUT2D eigenvalue weighted by Crippen LogP contribution is -2.37. The van der Waals surface area contributed by atoms with Crippen LogP contribution in [0.3, 0.4) is 0 Å². The summed E-state index contributed by atoms with van der Waals surface area (Å²) in [5.41, 5.74) is -2.95. The maximum atomic E-state index is 13.5. The average Bonchev–Trinajstić information content (AvgIpc) is 3.43. The van der Waals surface area contributed by atoms with Crippen LogP contribution in [-0.4, -0.2) is 46.5 Å². The first-order valence-corrected chi connectivity index (χ1v) is 10.9. The quantitative estimate of drug-likeness (QED) is 0.361. The Bertz CT molecular complexity index is 1570. The largest absolute Gasteiger partial charge is 0.418 e. The summed E-state index contributed by atoms with van der Waals surface area (Å²) in [6.45, 7) is -1.72. The molecule has 0 aliphatic heterocycles. The second kappa shape index (κ2) is 9.95. The van der Waals surface area contributed by atoms with Crippen LogP contribution >= 0.6 is 11.6 Å². The van der Waals surface area contributed by atoms with E-state index in [1.807, 2.05) is 0 Å². The van der Waals surface area contributed by atoms with Gasteiger partial charge in [-0.05, 0) is 36.4 Å². The Morgan fingerprint density at radius 2 is 1.74 bits per heavy atom. The number of aliphatic hydroxyl groups excluding tert-OH is 1. The van der Waals surface area contributed by atoms with Gasteiger partial charge in [-0.25, -0.2) is 19.1 Å². The fraction of sp³-hybridized carbons (Fsp3) is 0.227. The minimum absolute atomic E-state index is 0.205. The van der Waals surface area contributed by atoms with Crippen LogP contribution in [0.1, 0.15) is 17.0 Å². The molecule has 0 radical (unpaired) electrons. The molecule has 198 valence electrons. The third-order valence-electron chi connectivity index (χ3n) is 5.28. The van der Waals surface area contributed by atoms with Gasteiger partial charge in [0.15, 0.2) is 17.8 Å². The second-order valence-corrected chi connectivity index (χ2v) is 8.29. The topological polar surface area (TPSA) is 115 Å². The van der Waals surface area contributed by atoms with Gasteiger partial charge >= 0.3 is 18.0 Å². The second-order valence-electron chi connectivity index (χ2n) is 7.86. The summed E-state index contributed by atoms with van der Waals surface area (Å²) in [6, 6.07) is 10.3. The number of hydrogen-bond donors (Lipinski definition) is 1. The zero-order valence-electron chi connectivity index (χ0n) is 18.7. The standard InChI is InChI=1S/C22H14ClF6N7O2/c23-14-6-4-12(5-7-14)19-33-35(20(38)34(19)9-16(37)22(27,28)29)10-17-31-11-36(32-17)18-13(8-30)2-1-3-15(18)21(24,25)26/h1-7,11,16,37H,9-10H2/t16-/m0/s1. The number of aliphatic hydroxyl groups is 1. The lowest BCUT2D eigenvalue weighted by atomic mass is 10.1. The summed E-state index contributed by atoms with van der Waals surface area (Å²) in [6.07, 6.45) is -11.8. The normalized spacial score (nSPS) is 12.9. The molecular formula is C22H14ClF6N7O2. The highest BCUT2D eigenvalue weighted by molar-refractivity contribution is 6.30. The summed E-state index contributed by atoms with van der Waals surface area (Å²) >= 11 is 5.85. The van der Waals surface area contributed by atoms with E-state index in [0.717, 1.165) is 24.5 Å². The van der Waals surface area contributed by atoms with E-state index in [1.54, 1.807) is 6.07 Å². The third-order valence-corrected chi connectivity index (χ3v) is 5.53. The fourth-order valence-corrected chi connectivity index (χ4v) is 3.64.